The summed E-state index contributed by atoms with van der Waals surface area (Å²) in [7, 11) is 0. The number of carbonyl (C=O) groups is 1. The van der Waals surface area contributed by atoms with Crippen molar-refractivity contribution in [2.75, 3.05) is 5.32 Å². The van der Waals surface area contributed by atoms with E-state index >= 15 is 0 Å². The average molecular weight is 247 g/mol. The van der Waals surface area contributed by atoms with Crippen molar-refractivity contribution in [1.82, 2.24) is 0 Å². The molecule has 1 amide bonds. The second-order valence-corrected chi connectivity index (χ2v) is 5.13. The monoisotopic (exact) mass is 247 g/mol. The molecule has 1 fully saturated rings. The molecule has 0 bridgehead atoms. The van der Waals surface area contributed by atoms with Gasteiger partial charge in [0.25, 0.3) is 0 Å². The first-order chi connectivity index (χ1) is 8.66. The summed E-state index contributed by atoms with van der Waals surface area (Å²) in [5, 5.41) is 12.5. The SMILES string of the molecule is C[C@@H](O)c1cccc(NC(=O)C2CCCCC2)c1. The van der Waals surface area contributed by atoms with Gasteiger partial charge in [-0.05, 0) is 37.5 Å². The van der Waals surface area contributed by atoms with Crippen LogP contribution in [0.4, 0.5) is 5.69 Å². The van der Waals surface area contributed by atoms with Gasteiger partial charge in [0.2, 0.25) is 5.91 Å². The van der Waals surface area contributed by atoms with Gasteiger partial charge in [-0.25, -0.2) is 0 Å². The maximum atomic E-state index is 12.1. The van der Waals surface area contributed by atoms with E-state index in [1.165, 1.54) is 6.42 Å². The molecule has 0 aromatic heterocycles. The van der Waals surface area contributed by atoms with Crippen LogP contribution in [0.2, 0.25) is 0 Å². The number of hydrogen-bond acceptors (Lipinski definition) is 2. The third-order valence-corrected chi connectivity index (χ3v) is 3.61. The van der Waals surface area contributed by atoms with E-state index in [0.717, 1.165) is 36.9 Å². The van der Waals surface area contributed by atoms with E-state index in [9.17, 15) is 9.90 Å². The van der Waals surface area contributed by atoms with Gasteiger partial charge in [0.15, 0.2) is 0 Å². The molecule has 1 saturated carbocycles. The number of hydrogen-bond donors (Lipinski definition) is 2. The van der Waals surface area contributed by atoms with Crippen molar-refractivity contribution in [1.29, 1.82) is 0 Å². The Morgan fingerprint density at radius 3 is 2.72 bits per heavy atom. The standard InChI is InChI=1S/C15H21NO2/c1-11(17)13-8-5-9-14(10-13)16-15(18)12-6-3-2-4-7-12/h5,8-12,17H,2-4,6-7H2,1H3,(H,16,18)/t11-/m1/s1. The van der Waals surface area contributed by atoms with Crippen LogP contribution in [-0.2, 0) is 4.79 Å². The molecule has 2 N–H and O–H groups in total. The van der Waals surface area contributed by atoms with Gasteiger partial charge in [0, 0.05) is 11.6 Å². The van der Waals surface area contributed by atoms with E-state index < -0.39 is 6.10 Å². The Balaban J connectivity index is 1.99. The Kier molecular flexibility index (Phi) is 4.37. The number of aliphatic hydroxyl groups excluding tert-OH is 1. The minimum absolute atomic E-state index is 0.123. The van der Waals surface area contributed by atoms with Crippen molar-refractivity contribution in [3.8, 4) is 0 Å². The predicted molar refractivity (Wildman–Crippen MR) is 72.3 cm³/mol. The molecule has 1 aliphatic carbocycles. The van der Waals surface area contributed by atoms with E-state index in [2.05, 4.69) is 5.32 Å². The summed E-state index contributed by atoms with van der Waals surface area (Å²) >= 11 is 0. The number of aliphatic hydroxyl groups is 1. The van der Waals surface area contributed by atoms with Crippen LogP contribution in [0.25, 0.3) is 0 Å². The van der Waals surface area contributed by atoms with Crippen LogP contribution in [0.1, 0.15) is 50.7 Å². The van der Waals surface area contributed by atoms with Crippen LogP contribution in [0, 0.1) is 5.92 Å². The van der Waals surface area contributed by atoms with E-state index in [1.807, 2.05) is 24.3 Å². The number of rotatable bonds is 3. The molecule has 0 heterocycles. The zero-order valence-corrected chi connectivity index (χ0v) is 10.9. The number of anilines is 1. The highest BCUT2D eigenvalue weighted by atomic mass is 16.3. The lowest BCUT2D eigenvalue weighted by Gasteiger charge is -2.21. The maximum absolute atomic E-state index is 12.1. The smallest absolute Gasteiger partial charge is 0.227 e. The molecular formula is C15H21NO2. The molecule has 2 rings (SSSR count). The van der Waals surface area contributed by atoms with Gasteiger partial charge in [0.05, 0.1) is 6.10 Å². The molecule has 1 aromatic carbocycles. The Labute approximate surface area is 108 Å². The Morgan fingerprint density at radius 1 is 1.33 bits per heavy atom. The second-order valence-electron chi connectivity index (χ2n) is 5.13. The van der Waals surface area contributed by atoms with Crippen LogP contribution in [0.15, 0.2) is 24.3 Å². The molecule has 98 valence electrons. The van der Waals surface area contributed by atoms with Crippen molar-refractivity contribution in [2.24, 2.45) is 5.92 Å². The van der Waals surface area contributed by atoms with Crippen molar-refractivity contribution >= 4 is 11.6 Å². The fourth-order valence-electron chi connectivity index (χ4n) is 2.49. The van der Waals surface area contributed by atoms with E-state index in [0.29, 0.717) is 0 Å². The van der Waals surface area contributed by atoms with Gasteiger partial charge in [0.1, 0.15) is 0 Å². The normalized spacial score (nSPS) is 18.3. The lowest BCUT2D eigenvalue weighted by molar-refractivity contribution is -0.120. The van der Waals surface area contributed by atoms with Crippen molar-refractivity contribution in [2.45, 2.75) is 45.1 Å². The maximum Gasteiger partial charge on any atom is 0.227 e. The zero-order chi connectivity index (χ0) is 13.0. The van der Waals surface area contributed by atoms with E-state index in [4.69, 9.17) is 0 Å². The summed E-state index contributed by atoms with van der Waals surface area (Å²) < 4.78 is 0. The Morgan fingerprint density at radius 2 is 2.06 bits per heavy atom. The molecule has 1 aromatic rings. The van der Waals surface area contributed by atoms with Crippen molar-refractivity contribution < 1.29 is 9.90 Å². The summed E-state index contributed by atoms with van der Waals surface area (Å²) in [5.74, 6) is 0.284. The molecule has 1 aliphatic rings. The number of carbonyl (C=O) groups excluding carboxylic acids is 1. The third-order valence-electron chi connectivity index (χ3n) is 3.61. The largest absolute Gasteiger partial charge is 0.389 e. The Hall–Kier alpha value is -1.35. The second kappa shape index (κ2) is 6.01. The molecular weight excluding hydrogens is 226 g/mol. The first kappa shape index (κ1) is 13.1. The zero-order valence-electron chi connectivity index (χ0n) is 10.9. The summed E-state index contributed by atoms with van der Waals surface area (Å²) in [6.07, 6.45) is 5.07. The predicted octanol–water partition coefficient (Wildman–Crippen LogP) is 3.26. The van der Waals surface area contributed by atoms with Crippen molar-refractivity contribution in [3.05, 3.63) is 29.8 Å². The summed E-state index contributed by atoms with van der Waals surface area (Å²) in [6.45, 7) is 1.72. The highest BCUT2D eigenvalue weighted by Crippen LogP contribution is 2.25. The number of benzene rings is 1. The summed E-state index contributed by atoms with van der Waals surface area (Å²) in [6, 6.07) is 7.43. The molecule has 3 heteroatoms. The third kappa shape index (κ3) is 3.33. The molecule has 0 radical (unpaired) electrons. The van der Waals surface area contributed by atoms with E-state index in [1.54, 1.807) is 6.92 Å². The van der Waals surface area contributed by atoms with Gasteiger partial charge < -0.3 is 10.4 Å². The molecule has 0 saturated heterocycles. The average Bonchev–Trinajstić information content (AvgIpc) is 2.40. The highest BCUT2D eigenvalue weighted by molar-refractivity contribution is 5.92. The van der Waals surface area contributed by atoms with Crippen LogP contribution >= 0.6 is 0 Å². The lowest BCUT2D eigenvalue weighted by Crippen LogP contribution is -2.24. The van der Waals surface area contributed by atoms with Gasteiger partial charge in [-0.15, -0.1) is 0 Å². The lowest BCUT2D eigenvalue weighted by atomic mass is 9.88. The van der Waals surface area contributed by atoms with Crippen LogP contribution in [-0.4, -0.2) is 11.0 Å². The molecule has 0 unspecified atom stereocenters. The quantitative estimate of drug-likeness (QED) is 0.861. The van der Waals surface area contributed by atoms with Crippen LogP contribution in [0.5, 0.6) is 0 Å². The van der Waals surface area contributed by atoms with Gasteiger partial charge in [-0.2, -0.15) is 0 Å². The fraction of sp³-hybridized carbons (Fsp3) is 0.533. The fourth-order valence-corrected chi connectivity index (χ4v) is 2.49. The molecule has 0 aliphatic heterocycles. The highest BCUT2D eigenvalue weighted by Gasteiger charge is 2.21. The molecule has 3 nitrogen and oxygen atoms in total. The van der Waals surface area contributed by atoms with Gasteiger partial charge in [-0.1, -0.05) is 31.4 Å². The Bertz CT molecular complexity index is 409. The topological polar surface area (TPSA) is 49.3 Å². The number of nitrogens with one attached hydrogen (secondary N) is 1. The first-order valence-corrected chi connectivity index (χ1v) is 6.75. The van der Waals surface area contributed by atoms with Gasteiger partial charge in [-0.3, -0.25) is 4.79 Å². The molecule has 18 heavy (non-hydrogen) atoms. The molecule has 1 atom stereocenters. The van der Waals surface area contributed by atoms with Crippen LogP contribution < -0.4 is 5.32 Å². The molecule has 0 spiro atoms. The minimum atomic E-state index is -0.503. The minimum Gasteiger partial charge on any atom is -0.389 e. The summed E-state index contributed by atoms with van der Waals surface area (Å²) in [4.78, 5) is 12.1. The first-order valence-electron chi connectivity index (χ1n) is 6.75. The van der Waals surface area contributed by atoms with Gasteiger partial charge >= 0.3 is 0 Å². The summed E-state index contributed by atoms with van der Waals surface area (Å²) in [5.41, 5.74) is 1.61. The van der Waals surface area contributed by atoms with E-state index in [-0.39, 0.29) is 11.8 Å². The number of amides is 1. The van der Waals surface area contributed by atoms with Crippen molar-refractivity contribution in [3.63, 3.8) is 0 Å². The van der Waals surface area contributed by atoms with Crippen LogP contribution in [0.3, 0.4) is 0 Å².